The summed E-state index contributed by atoms with van der Waals surface area (Å²) in [6.45, 7) is 1.06. The lowest BCUT2D eigenvalue weighted by atomic mass is 9.89. The first kappa shape index (κ1) is 20.6. The molecule has 10 heteroatoms. The number of hydrogen-bond donors (Lipinski definition) is 2. The summed E-state index contributed by atoms with van der Waals surface area (Å²) in [5.74, 6) is -0.314. The lowest BCUT2D eigenvalue weighted by Crippen LogP contribution is -2.30. The Hall–Kier alpha value is -4.34. The third-order valence-electron chi connectivity index (χ3n) is 5.54. The number of nitrogens with one attached hydrogen (secondary N) is 1. The maximum atomic E-state index is 13.3. The molecule has 0 spiro atoms. The Morgan fingerprint density at radius 2 is 2.06 bits per heavy atom. The molecule has 10 nitrogen and oxygen atoms in total. The molecule has 0 radical (unpaired) electrons. The van der Waals surface area contributed by atoms with E-state index in [1.165, 1.54) is 4.40 Å². The van der Waals surface area contributed by atoms with Crippen LogP contribution in [0.25, 0.3) is 5.65 Å². The third kappa shape index (κ3) is 4.10. The average molecular weight is 447 g/mol. The molecule has 1 aliphatic rings. The number of rotatable bonds is 7. The topological polar surface area (TPSA) is 120 Å². The number of carbonyl (C=O) groups is 1. The fraction of sp³-hybridized carbons (Fsp3) is 0.217. The molecule has 1 amide bonds. The van der Waals surface area contributed by atoms with Crippen LogP contribution in [0.5, 0.6) is 17.4 Å². The molecule has 1 atom stereocenters. The van der Waals surface area contributed by atoms with Crippen LogP contribution < -0.4 is 20.3 Å². The fourth-order valence-corrected chi connectivity index (χ4v) is 3.91. The van der Waals surface area contributed by atoms with Gasteiger partial charge in [-0.15, -0.1) is 0 Å². The van der Waals surface area contributed by atoms with E-state index < -0.39 is 17.4 Å². The van der Waals surface area contributed by atoms with Crippen LogP contribution in [0.2, 0.25) is 0 Å². The van der Waals surface area contributed by atoms with Crippen molar-refractivity contribution in [2.75, 3.05) is 13.3 Å². The quantitative estimate of drug-likeness (QED) is 0.442. The highest BCUT2D eigenvalue weighted by Gasteiger charge is 2.28. The summed E-state index contributed by atoms with van der Waals surface area (Å²) in [4.78, 5) is 34.3. The van der Waals surface area contributed by atoms with Crippen LogP contribution in [0.15, 0.2) is 66.1 Å². The number of aromatic hydroxyl groups is 1. The van der Waals surface area contributed by atoms with Gasteiger partial charge < -0.3 is 24.5 Å². The van der Waals surface area contributed by atoms with E-state index in [0.29, 0.717) is 35.8 Å². The molecule has 1 unspecified atom stereocenters. The number of pyridine rings is 1. The number of benzene rings is 1. The van der Waals surface area contributed by atoms with Crippen LogP contribution in [0, 0.1) is 0 Å². The van der Waals surface area contributed by atoms with E-state index in [1.54, 1.807) is 61.3 Å². The highest BCUT2D eigenvalue weighted by molar-refractivity contribution is 5.77. The molecule has 168 valence electrons. The molecular weight excluding hydrogens is 426 g/mol. The summed E-state index contributed by atoms with van der Waals surface area (Å²) >= 11 is 0. The van der Waals surface area contributed by atoms with Gasteiger partial charge in [0.2, 0.25) is 18.6 Å². The zero-order valence-electron chi connectivity index (χ0n) is 17.5. The largest absolute Gasteiger partial charge is 0.493 e. The van der Waals surface area contributed by atoms with Gasteiger partial charge in [0.15, 0.2) is 11.5 Å². The Labute approximate surface area is 188 Å². The van der Waals surface area contributed by atoms with Crippen molar-refractivity contribution in [2.24, 2.45) is 0 Å². The molecule has 5 rings (SSSR count). The minimum absolute atomic E-state index is 0.0438. The second-order valence-electron chi connectivity index (χ2n) is 7.60. The molecule has 0 bridgehead atoms. The lowest BCUT2D eigenvalue weighted by Gasteiger charge is -2.19. The second-order valence-corrected chi connectivity index (χ2v) is 7.60. The van der Waals surface area contributed by atoms with Crippen LogP contribution in [0.4, 0.5) is 0 Å². The molecule has 1 aromatic carbocycles. The Kier molecular flexibility index (Phi) is 5.39. The number of ether oxygens (including phenoxy) is 2. The van der Waals surface area contributed by atoms with Crippen molar-refractivity contribution >= 4 is 11.6 Å². The molecule has 3 aromatic heterocycles. The summed E-state index contributed by atoms with van der Waals surface area (Å²) in [6, 6.07) is 10.3. The summed E-state index contributed by atoms with van der Waals surface area (Å²) in [6.07, 6.45) is 6.66. The number of imidazole rings is 1. The van der Waals surface area contributed by atoms with Crippen LogP contribution in [-0.2, 0) is 11.3 Å². The van der Waals surface area contributed by atoms with E-state index in [0.717, 1.165) is 0 Å². The molecule has 2 N–H and O–H groups in total. The van der Waals surface area contributed by atoms with Crippen molar-refractivity contribution in [3.8, 4) is 17.4 Å². The van der Waals surface area contributed by atoms with E-state index in [1.807, 2.05) is 4.57 Å². The first-order valence-electron chi connectivity index (χ1n) is 10.4. The predicted octanol–water partition coefficient (Wildman–Crippen LogP) is 1.66. The van der Waals surface area contributed by atoms with Crippen molar-refractivity contribution < 1.29 is 19.4 Å². The van der Waals surface area contributed by atoms with Gasteiger partial charge in [0.25, 0.3) is 5.56 Å². The summed E-state index contributed by atoms with van der Waals surface area (Å²) in [7, 11) is 0. The SMILES string of the molecule is O=C(CC(c1ccc2c(c1)OCO2)c1c(O)nc2ccccn2c1=O)NCCn1ccnc1. The zero-order chi connectivity index (χ0) is 22.8. The summed E-state index contributed by atoms with van der Waals surface area (Å²) in [5.41, 5.74) is 0.557. The molecule has 4 heterocycles. The van der Waals surface area contributed by atoms with Gasteiger partial charge in [-0.2, -0.15) is 4.98 Å². The van der Waals surface area contributed by atoms with Gasteiger partial charge in [-0.25, -0.2) is 4.98 Å². The van der Waals surface area contributed by atoms with Crippen molar-refractivity contribution in [1.82, 2.24) is 24.3 Å². The molecule has 4 aromatic rings. The Bertz CT molecular complexity index is 1370. The minimum atomic E-state index is -0.746. The molecule has 0 saturated carbocycles. The van der Waals surface area contributed by atoms with Gasteiger partial charge in [0.1, 0.15) is 5.65 Å². The predicted molar refractivity (Wildman–Crippen MR) is 117 cm³/mol. The molecule has 33 heavy (non-hydrogen) atoms. The molecule has 0 saturated heterocycles. The van der Waals surface area contributed by atoms with Crippen LogP contribution >= 0.6 is 0 Å². The zero-order valence-corrected chi connectivity index (χ0v) is 17.5. The van der Waals surface area contributed by atoms with Gasteiger partial charge in [0, 0.05) is 44.0 Å². The van der Waals surface area contributed by atoms with Crippen LogP contribution in [0.1, 0.15) is 23.5 Å². The summed E-state index contributed by atoms with van der Waals surface area (Å²) in [5, 5.41) is 13.6. The molecular formula is C23H21N5O5. The van der Waals surface area contributed by atoms with Crippen molar-refractivity contribution in [3.63, 3.8) is 0 Å². The molecule has 0 aliphatic carbocycles. The highest BCUT2D eigenvalue weighted by Crippen LogP contribution is 2.38. The van der Waals surface area contributed by atoms with Gasteiger partial charge in [-0.05, 0) is 29.8 Å². The van der Waals surface area contributed by atoms with Crippen LogP contribution in [0.3, 0.4) is 0 Å². The number of amides is 1. The summed E-state index contributed by atoms with van der Waals surface area (Å²) < 4.78 is 14.1. The smallest absolute Gasteiger partial charge is 0.265 e. The standard InChI is InChI=1S/C23H21N5O5/c29-20(25-7-10-27-9-6-24-13-27)12-16(15-4-5-17-18(11-15)33-14-32-17)21-22(30)26-19-3-1-2-8-28(19)23(21)31/h1-6,8-9,11,13,16,30H,7,10,12,14H2,(H,25,29). The maximum absolute atomic E-state index is 13.3. The van der Waals surface area contributed by atoms with Crippen molar-refractivity contribution in [3.05, 3.63) is 82.8 Å². The first-order chi connectivity index (χ1) is 16.1. The fourth-order valence-electron chi connectivity index (χ4n) is 3.91. The van der Waals surface area contributed by atoms with E-state index in [2.05, 4.69) is 15.3 Å². The molecule has 1 aliphatic heterocycles. The van der Waals surface area contributed by atoms with E-state index >= 15 is 0 Å². The van der Waals surface area contributed by atoms with Gasteiger partial charge in [-0.3, -0.25) is 14.0 Å². The minimum Gasteiger partial charge on any atom is -0.493 e. The number of fused-ring (bicyclic) bond motifs is 2. The number of nitrogens with zero attached hydrogens (tertiary/aromatic N) is 4. The Balaban J connectivity index is 1.49. The monoisotopic (exact) mass is 447 g/mol. The Morgan fingerprint density at radius 3 is 2.91 bits per heavy atom. The third-order valence-corrected chi connectivity index (χ3v) is 5.54. The van der Waals surface area contributed by atoms with Crippen molar-refractivity contribution in [1.29, 1.82) is 0 Å². The van der Waals surface area contributed by atoms with E-state index in [-0.39, 0.29) is 24.7 Å². The first-order valence-corrected chi connectivity index (χ1v) is 10.4. The van der Waals surface area contributed by atoms with Gasteiger partial charge in [-0.1, -0.05) is 12.1 Å². The van der Waals surface area contributed by atoms with E-state index in [9.17, 15) is 14.7 Å². The number of carbonyl (C=O) groups excluding carboxylic acids is 1. The normalized spacial score (nSPS) is 13.2. The second kappa shape index (κ2) is 8.65. The van der Waals surface area contributed by atoms with Gasteiger partial charge >= 0.3 is 0 Å². The van der Waals surface area contributed by atoms with Gasteiger partial charge in [0.05, 0.1) is 11.9 Å². The van der Waals surface area contributed by atoms with Crippen molar-refractivity contribution in [2.45, 2.75) is 18.9 Å². The number of hydrogen-bond acceptors (Lipinski definition) is 7. The molecule has 0 fully saturated rings. The Morgan fingerprint density at radius 1 is 1.18 bits per heavy atom. The number of aromatic nitrogens is 4. The lowest BCUT2D eigenvalue weighted by molar-refractivity contribution is -0.121. The van der Waals surface area contributed by atoms with Crippen LogP contribution in [-0.4, -0.2) is 43.3 Å². The highest BCUT2D eigenvalue weighted by atomic mass is 16.7. The van der Waals surface area contributed by atoms with E-state index in [4.69, 9.17) is 9.47 Å². The average Bonchev–Trinajstić information content (AvgIpc) is 3.50. The maximum Gasteiger partial charge on any atom is 0.265 e.